The number of hydrogen-bond acceptors (Lipinski definition) is 2. The van der Waals surface area contributed by atoms with Gasteiger partial charge in [-0.05, 0) is 79.2 Å². The van der Waals surface area contributed by atoms with E-state index in [2.05, 4.69) is 158 Å². The Hall–Kier alpha value is -4.76. The van der Waals surface area contributed by atoms with Gasteiger partial charge < -0.3 is 0 Å². The number of thiophene rings is 2. The molecule has 8 aromatic rings. The zero-order chi connectivity index (χ0) is 29.9. The summed E-state index contributed by atoms with van der Waals surface area (Å²) in [5.41, 5.74) is 7.63. The molecule has 2 aromatic heterocycles. The Kier molecular flexibility index (Phi) is 7.94. The predicted molar refractivity (Wildman–Crippen MR) is 196 cm³/mol. The van der Waals surface area contributed by atoms with Crippen molar-refractivity contribution in [3.63, 3.8) is 0 Å². The van der Waals surface area contributed by atoms with Crippen LogP contribution in [0.5, 0.6) is 0 Å². The smallest absolute Gasteiger partial charge is 0.0449 e. The molecular weight excluding hydrogens is 569 g/mol. The van der Waals surface area contributed by atoms with Crippen molar-refractivity contribution in [1.82, 2.24) is 0 Å². The largest absolute Gasteiger partial charge is 0.134 e. The minimum absolute atomic E-state index is 1.24. The quantitative estimate of drug-likeness (QED) is 0.172. The Morgan fingerprint density at radius 2 is 0.568 bits per heavy atom. The van der Waals surface area contributed by atoms with Gasteiger partial charge in [0.15, 0.2) is 0 Å². The zero-order valence-corrected chi connectivity index (χ0v) is 26.5. The van der Waals surface area contributed by atoms with Crippen LogP contribution in [0.15, 0.2) is 158 Å². The molecule has 0 radical (unpaired) electrons. The van der Waals surface area contributed by atoms with Crippen molar-refractivity contribution in [3.8, 4) is 52.9 Å². The Labute approximate surface area is 267 Å². The molecule has 0 bridgehead atoms. The first kappa shape index (κ1) is 28.0. The lowest BCUT2D eigenvalue weighted by molar-refractivity contribution is 1.50. The number of rotatable bonds is 5. The fraction of sp³-hybridized carbons (Fsp3) is 0.0476. The van der Waals surface area contributed by atoms with Crippen LogP contribution in [0, 0.1) is 0 Å². The van der Waals surface area contributed by atoms with Gasteiger partial charge in [-0.15, -0.1) is 22.7 Å². The van der Waals surface area contributed by atoms with Crippen LogP contribution in [0.3, 0.4) is 0 Å². The molecule has 44 heavy (non-hydrogen) atoms. The molecule has 0 fully saturated rings. The maximum atomic E-state index is 2.30. The zero-order valence-electron chi connectivity index (χ0n) is 24.8. The topological polar surface area (TPSA) is 0 Å². The molecular formula is C42H32S2. The third kappa shape index (κ3) is 5.17. The van der Waals surface area contributed by atoms with Gasteiger partial charge in [0.1, 0.15) is 0 Å². The third-order valence-corrected chi connectivity index (χ3v) is 10.4. The van der Waals surface area contributed by atoms with E-state index in [0.29, 0.717) is 0 Å². The van der Waals surface area contributed by atoms with Gasteiger partial charge >= 0.3 is 0 Å². The highest BCUT2D eigenvalue weighted by Gasteiger charge is 2.16. The van der Waals surface area contributed by atoms with Gasteiger partial charge in [0.25, 0.3) is 0 Å². The Balaban J connectivity index is 0.00000153. The van der Waals surface area contributed by atoms with E-state index < -0.39 is 0 Å². The fourth-order valence-electron chi connectivity index (χ4n) is 6.01. The van der Waals surface area contributed by atoms with Crippen molar-refractivity contribution in [2.24, 2.45) is 0 Å². The van der Waals surface area contributed by atoms with Crippen molar-refractivity contribution in [2.75, 3.05) is 0 Å². The maximum Gasteiger partial charge on any atom is 0.0449 e. The summed E-state index contributed by atoms with van der Waals surface area (Å²) in [6, 6.07) is 57.3. The Morgan fingerprint density at radius 3 is 1.00 bits per heavy atom. The molecule has 0 N–H and O–H groups in total. The molecule has 0 aliphatic heterocycles. The SMILES string of the molecule is CC.c1ccc(-c2ccc(-c3ccc(-c4ccc(-c5c6ccccc6c(-c6ccccc6)c6ccccc56)cc4)s3)s2)cc1. The van der Waals surface area contributed by atoms with Crippen LogP contribution in [0.25, 0.3) is 74.4 Å². The molecule has 2 heterocycles. The first-order valence-electron chi connectivity index (χ1n) is 15.2. The number of benzene rings is 6. The summed E-state index contributed by atoms with van der Waals surface area (Å²) < 4.78 is 0. The second-order valence-corrected chi connectivity index (χ2v) is 12.6. The van der Waals surface area contributed by atoms with Crippen LogP contribution < -0.4 is 0 Å². The van der Waals surface area contributed by atoms with Gasteiger partial charge in [-0.2, -0.15) is 0 Å². The molecule has 0 nitrogen and oxygen atoms in total. The van der Waals surface area contributed by atoms with Crippen molar-refractivity contribution in [2.45, 2.75) is 13.8 Å². The summed E-state index contributed by atoms with van der Waals surface area (Å²) in [6.07, 6.45) is 0. The van der Waals surface area contributed by atoms with Gasteiger partial charge in [0.2, 0.25) is 0 Å². The van der Waals surface area contributed by atoms with E-state index in [1.54, 1.807) is 0 Å². The summed E-state index contributed by atoms with van der Waals surface area (Å²) in [7, 11) is 0. The van der Waals surface area contributed by atoms with Crippen molar-refractivity contribution in [3.05, 3.63) is 158 Å². The van der Waals surface area contributed by atoms with Crippen molar-refractivity contribution in [1.29, 1.82) is 0 Å². The molecule has 0 saturated carbocycles. The molecule has 0 unspecified atom stereocenters. The summed E-state index contributed by atoms with van der Waals surface area (Å²) in [5, 5.41) is 5.15. The first-order valence-corrected chi connectivity index (χ1v) is 16.8. The average Bonchev–Trinajstić information content (AvgIpc) is 3.80. The molecule has 0 saturated heterocycles. The molecule has 0 aliphatic rings. The minimum atomic E-state index is 1.24. The molecule has 6 aromatic carbocycles. The number of hydrogen-bond donors (Lipinski definition) is 0. The average molecular weight is 601 g/mol. The molecule has 0 aliphatic carbocycles. The van der Waals surface area contributed by atoms with E-state index in [-0.39, 0.29) is 0 Å². The summed E-state index contributed by atoms with van der Waals surface area (Å²) in [5.74, 6) is 0. The Bertz CT molecular complexity index is 2110. The lowest BCUT2D eigenvalue weighted by atomic mass is 9.86. The monoisotopic (exact) mass is 600 g/mol. The first-order chi connectivity index (χ1) is 21.8. The van der Waals surface area contributed by atoms with E-state index >= 15 is 0 Å². The normalized spacial score (nSPS) is 11.0. The molecule has 0 atom stereocenters. The minimum Gasteiger partial charge on any atom is -0.134 e. The van der Waals surface area contributed by atoms with Crippen LogP contribution in [0.1, 0.15) is 13.8 Å². The standard InChI is InChI=1S/C40H26S2.C2H6/c1-3-11-27(12-4-1)35-23-25-37(41-35)38-26-24-36(42-38)28-19-21-30(22-20-28)40-33-17-9-7-15-31(33)39(29-13-5-2-6-14-29)32-16-8-10-18-34(32)40;1-2/h1-26H;1-2H3. The van der Waals surface area contributed by atoms with E-state index in [1.807, 2.05) is 36.5 Å². The van der Waals surface area contributed by atoms with E-state index in [1.165, 1.54) is 74.4 Å². The predicted octanol–water partition coefficient (Wildman–Crippen LogP) is 13.5. The lowest BCUT2D eigenvalue weighted by Crippen LogP contribution is -1.90. The van der Waals surface area contributed by atoms with Crippen LogP contribution in [-0.2, 0) is 0 Å². The lowest BCUT2D eigenvalue weighted by Gasteiger charge is -2.17. The van der Waals surface area contributed by atoms with Gasteiger partial charge in [0, 0.05) is 19.5 Å². The molecule has 2 heteroatoms. The maximum absolute atomic E-state index is 2.30. The van der Waals surface area contributed by atoms with Crippen molar-refractivity contribution >= 4 is 44.2 Å². The highest BCUT2D eigenvalue weighted by Crippen LogP contribution is 2.45. The van der Waals surface area contributed by atoms with Crippen LogP contribution in [-0.4, -0.2) is 0 Å². The highest BCUT2D eigenvalue weighted by atomic mass is 32.1. The van der Waals surface area contributed by atoms with Gasteiger partial charge in [0.05, 0.1) is 0 Å². The molecule has 0 spiro atoms. The van der Waals surface area contributed by atoms with E-state index in [9.17, 15) is 0 Å². The molecule has 212 valence electrons. The summed E-state index contributed by atoms with van der Waals surface area (Å²) >= 11 is 3.72. The highest BCUT2D eigenvalue weighted by molar-refractivity contribution is 7.25. The fourth-order valence-corrected chi connectivity index (χ4v) is 8.12. The third-order valence-electron chi connectivity index (χ3n) is 7.97. The Morgan fingerprint density at radius 1 is 0.273 bits per heavy atom. The van der Waals surface area contributed by atoms with Crippen LogP contribution >= 0.6 is 22.7 Å². The molecule has 8 rings (SSSR count). The van der Waals surface area contributed by atoms with Crippen LogP contribution in [0.4, 0.5) is 0 Å². The van der Waals surface area contributed by atoms with Crippen molar-refractivity contribution < 1.29 is 0 Å². The van der Waals surface area contributed by atoms with Gasteiger partial charge in [-0.25, -0.2) is 0 Å². The summed E-state index contributed by atoms with van der Waals surface area (Å²) in [4.78, 5) is 5.23. The second kappa shape index (κ2) is 12.5. The van der Waals surface area contributed by atoms with Gasteiger partial charge in [-0.3, -0.25) is 0 Å². The summed E-state index contributed by atoms with van der Waals surface area (Å²) in [6.45, 7) is 4.00. The molecule has 0 amide bonds. The van der Waals surface area contributed by atoms with Crippen LogP contribution in [0.2, 0.25) is 0 Å². The van der Waals surface area contributed by atoms with E-state index in [0.717, 1.165) is 0 Å². The second-order valence-electron chi connectivity index (χ2n) is 10.5. The van der Waals surface area contributed by atoms with E-state index in [4.69, 9.17) is 0 Å². The van der Waals surface area contributed by atoms with Gasteiger partial charge in [-0.1, -0.05) is 147 Å². The number of fused-ring (bicyclic) bond motifs is 2.